The second kappa shape index (κ2) is 12.5. The highest BCUT2D eigenvalue weighted by Crippen LogP contribution is 2.29. The smallest absolute Gasteiger partial charge is 0.266 e. The van der Waals surface area contributed by atoms with Crippen molar-refractivity contribution in [3.8, 4) is 11.5 Å². The minimum atomic E-state index is -0.858. The van der Waals surface area contributed by atoms with Gasteiger partial charge in [-0.3, -0.25) is 14.9 Å². The van der Waals surface area contributed by atoms with Crippen LogP contribution in [0.25, 0.3) is 0 Å². The highest BCUT2D eigenvalue weighted by atomic mass is 35.5. The van der Waals surface area contributed by atoms with E-state index in [0.29, 0.717) is 39.3 Å². The molecule has 0 aliphatic rings. The average Bonchev–Trinajstić information content (AvgIpc) is 2.75. The molecule has 1 atom stereocenters. The molecule has 0 aliphatic carbocycles. The van der Waals surface area contributed by atoms with E-state index in [2.05, 4.69) is 16.0 Å². The summed E-state index contributed by atoms with van der Waals surface area (Å²) in [6.45, 7) is 3.59. The summed E-state index contributed by atoms with van der Waals surface area (Å²) in [6, 6.07) is 9.80. The van der Waals surface area contributed by atoms with Gasteiger partial charge < -0.3 is 20.1 Å². The summed E-state index contributed by atoms with van der Waals surface area (Å²) >= 11 is 17.2. The topological polar surface area (TPSA) is 88.7 Å². The maximum atomic E-state index is 12.4. The summed E-state index contributed by atoms with van der Waals surface area (Å²) in [5.74, 6) is 0.255. The lowest BCUT2D eigenvalue weighted by Gasteiger charge is -2.17. The number of halogens is 2. The molecule has 172 valence electrons. The summed E-state index contributed by atoms with van der Waals surface area (Å²) in [6.07, 6.45) is 1.34. The lowest BCUT2D eigenvalue weighted by atomic mass is 10.2. The van der Waals surface area contributed by atoms with Crippen molar-refractivity contribution in [2.24, 2.45) is 0 Å². The van der Waals surface area contributed by atoms with Crippen LogP contribution >= 0.6 is 35.4 Å². The zero-order valence-corrected chi connectivity index (χ0v) is 20.3. The fourth-order valence-corrected chi connectivity index (χ4v) is 3.28. The van der Waals surface area contributed by atoms with Gasteiger partial charge in [0.25, 0.3) is 5.91 Å². The summed E-state index contributed by atoms with van der Waals surface area (Å²) in [7, 11) is 1.50. The van der Waals surface area contributed by atoms with Gasteiger partial charge in [-0.05, 0) is 55.9 Å². The monoisotopic (exact) mass is 497 g/mol. The first-order valence-electron chi connectivity index (χ1n) is 9.95. The molecule has 0 saturated carbocycles. The van der Waals surface area contributed by atoms with E-state index < -0.39 is 12.0 Å². The summed E-state index contributed by atoms with van der Waals surface area (Å²) in [5, 5.41) is 9.14. The molecule has 32 heavy (non-hydrogen) atoms. The predicted octanol–water partition coefficient (Wildman–Crippen LogP) is 5.41. The number of methoxy groups -OCH3 is 1. The van der Waals surface area contributed by atoms with Gasteiger partial charge in [-0.1, -0.05) is 36.5 Å². The normalized spacial score (nSPS) is 11.3. The quantitative estimate of drug-likeness (QED) is 0.401. The molecule has 1 unspecified atom stereocenters. The zero-order chi connectivity index (χ0) is 23.7. The average molecular weight is 498 g/mol. The van der Waals surface area contributed by atoms with Crippen molar-refractivity contribution < 1.29 is 19.1 Å². The van der Waals surface area contributed by atoms with Crippen LogP contribution in [-0.4, -0.2) is 30.1 Å². The molecule has 2 aromatic carbocycles. The highest BCUT2D eigenvalue weighted by molar-refractivity contribution is 7.80. The van der Waals surface area contributed by atoms with E-state index in [1.807, 2.05) is 6.92 Å². The van der Waals surface area contributed by atoms with E-state index in [9.17, 15) is 9.59 Å². The Morgan fingerprint density at radius 3 is 2.50 bits per heavy atom. The number of thiocarbonyl (C=S) groups is 1. The van der Waals surface area contributed by atoms with Gasteiger partial charge in [0.2, 0.25) is 5.91 Å². The molecular formula is C22H25Cl2N3O4S. The van der Waals surface area contributed by atoms with E-state index in [1.165, 1.54) is 13.2 Å². The third kappa shape index (κ3) is 7.85. The second-order valence-electron chi connectivity index (χ2n) is 6.84. The van der Waals surface area contributed by atoms with Crippen molar-refractivity contribution in [3.05, 3.63) is 46.4 Å². The van der Waals surface area contributed by atoms with Crippen LogP contribution in [-0.2, 0) is 9.59 Å². The van der Waals surface area contributed by atoms with Crippen molar-refractivity contribution in [3.63, 3.8) is 0 Å². The molecule has 0 aromatic heterocycles. The minimum Gasteiger partial charge on any atom is -0.494 e. The molecule has 2 rings (SSSR count). The first-order valence-corrected chi connectivity index (χ1v) is 11.1. The van der Waals surface area contributed by atoms with Crippen LogP contribution in [0, 0.1) is 0 Å². The zero-order valence-electron chi connectivity index (χ0n) is 18.0. The Bertz CT molecular complexity index is 988. The number of hydrogen-bond acceptors (Lipinski definition) is 5. The fraction of sp³-hybridized carbons (Fsp3) is 0.318. The van der Waals surface area contributed by atoms with Crippen LogP contribution in [0.15, 0.2) is 36.4 Å². The van der Waals surface area contributed by atoms with Gasteiger partial charge in [0.1, 0.15) is 11.5 Å². The number of carbonyl (C=O) groups is 2. The van der Waals surface area contributed by atoms with Gasteiger partial charge >= 0.3 is 0 Å². The molecule has 0 spiro atoms. The van der Waals surface area contributed by atoms with E-state index in [4.69, 9.17) is 44.9 Å². The van der Waals surface area contributed by atoms with Crippen LogP contribution in [0.3, 0.4) is 0 Å². The van der Waals surface area contributed by atoms with E-state index in [1.54, 1.807) is 37.3 Å². The molecule has 3 N–H and O–H groups in total. The predicted molar refractivity (Wildman–Crippen MR) is 132 cm³/mol. The molecule has 0 radical (unpaired) electrons. The van der Waals surface area contributed by atoms with Crippen molar-refractivity contribution >= 4 is 63.7 Å². The molecular weight excluding hydrogens is 473 g/mol. The van der Waals surface area contributed by atoms with Gasteiger partial charge in [0.15, 0.2) is 11.2 Å². The summed E-state index contributed by atoms with van der Waals surface area (Å²) in [5.41, 5.74) is 1.13. The second-order valence-corrected chi connectivity index (χ2v) is 8.10. The van der Waals surface area contributed by atoms with Crippen LogP contribution in [0.4, 0.5) is 11.4 Å². The van der Waals surface area contributed by atoms with E-state index in [-0.39, 0.29) is 11.0 Å². The van der Waals surface area contributed by atoms with Crippen LogP contribution in [0.1, 0.15) is 33.1 Å². The molecule has 0 saturated heterocycles. The summed E-state index contributed by atoms with van der Waals surface area (Å²) < 4.78 is 10.9. The molecule has 0 bridgehead atoms. The number of nitrogens with one attached hydrogen (secondary N) is 3. The van der Waals surface area contributed by atoms with Crippen molar-refractivity contribution in [2.75, 3.05) is 17.7 Å². The number of ether oxygens (including phenoxy) is 2. The van der Waals surface area contributed by atoms with Crippen molar-refractivity contribution in [1.82, 2.24) is 5.32 Å². The van der Waals surface area contributed by atoms with Gasteiger partial charge in [-0.15, -0.1) is 0 Å². The third-order valence-electron chi connectivity index (χ3n) is 4.29. The Morgan fingerprint density at radius 2 is 1.84 bits per heavy atom. The Hall–Kier alpha value is -2.55. The summed E-state index contributed by atoms with van der Waals surface area (Å²) in [4.78, 5) is 24.4. The molecule has 7 nitrogen and oxygen atoms in total. The number of anilines is 2. The van der Waals surface area contributed by atoms with Gasteiger partial charge in [0, 0.05) is 23.2 Å². The highest BCUT2D eigenvalue weighted by Gasteiger charge is 2.18. The fourth-order valence-electron chi connectivity index (χ4n) is 2.61. The maximum absolute atomic E-state index is 12.4. The molecule has 0 heterocycles. The molecule has 0 fully saturated rings. The maximum Gasteiger partial charge on any atom is 0.266 e. The lowest BCUT2D eigenvalue weighted by molar-refractivity contribution is -0.125. The number of hydrogen-bond donors (Lipinski definition) is 3. The lowest BCUT2D eigenvalue weighted by Crippen LogP contribution is -2.42. The first kappa shape index (κ1) is 25.7. The number of amides is 2. The van der Waals surface area contributed by atoms with Gasteiger partial charge in [0.05, 0.1) is 17.8 Å². The van der Waals surface area contributed by atoms with Crippen LogP contribution < -0.4 is 25.4 Å². The Morgan fingerprint density at radius 1 is 1.09 bits per heavy atom. The molecule has 2 amide bonds. The van der Waals surface area contributed by atoms with Crippen molar-refractivity contribution in [1.29, 1.82) is 0 Å². The SMILES string of the molecule is CCCCC(=O)Nc1ccc(NC(=S)NC(=O)C(C)Oc2ccc(Cl)cc2Cl)cc1OC. The van der Waals surface area contributed by atoms with Gasteiger partial charge in [-0.2, -0.15) is 0 Å². The van der Waals surface area contributed by atoms with E-state index in [0.717, 1.165) is 12.8 Å². The Labute approximate surface area is 202 Å². The molecule has 10 heteroatoms. The number of benzene rings is 2. The van der Waals surface area contributed by atoms with E-state index >= 15 is 0 Å². The molecule has 0 aliphatic heterocycles. The Balaban J connectivity index is 1.95. The van der Waals surface area contributed by atoms with Crippen LogP contribution in [0.2, 0.25) is 10.0 Å². The third-order valence-corrected chi connectivity index (χ3v) is 5.03. The minimum absolute atomic E-state index is 0.0782. The van der Waals surface area contributed by atoms with Crippen LogP contribution in [0.5, 0.6) is 11.5 Å². The number of carbonyl (C=O) groups excluding carboxylic acids is 2. The number of unbranched alkanes of at least 4 members (excludes halogenated alkanes) is 1. The Kier molecular flexibility index (Phi) is 10.0. The largest absolute Gasteiger partial charge is 0.494 e. The van der Waals surface area contributed by atoms with Gasteiger partial charge in [-0.25, -0.2) is 0 Å². The molecule has 2 aromatic rings. The van der Waals surface area contributed by atoms with Crippen molar-refractivity contribution in [2.45, 2.75) is 39.2 Å². The first-order chi connectivity index (χ1) is 15.2. The number of rotatable bonds is 9. The standard InChI is InChI=1S/C22H25Cl2N3O4S/c1-4-5-6-20(28)26-17-9-8-15(12-19(17)30-3)25-22(32)27-21(29)13(2)31-18-10-7-14(23)11-16(18)24/h7-13H,4-6H2,1-3H3,(H,26,28)(H2,25,27,29,32).